The third-order valence-corrected chi connectivity index (χ3v) is 7.62. The Morgan fingerprint density at radius 3 is 2.46 bits per heavy atom. The summed E-state index contributed by atoms with van der Waals surface area (Å²) in [6.45, 7) is 0.388. The van der Waals surface area contributed by atoms with E-state index in [4.69, 9.17) is 14.2 Å². The van der Waals surface area contributed by atoms with Crippen LogP contribution in [0.25, 0.3) is 0 Å². The van der Waals surface area contributed by atoms with Crippen LogP contribution in [0.5, 0.6) is 17.2 Å². The Kier molecular flexibility index (Phi) is 5.50. The van der Waals surface area contributed by atoms with E-state index in [0.717, 1.165) is 23.4 Å². The first kappa shape index (κ1) is 25.0. The molecule has 1 unspecified atom stereocenters. The van der Waals surface area contributed by atoms with Gasteiger partial charge in [0.2, 0.25) is 12.7 Å². The number of amides is 2. The second-order valence-electron chi connectivity index (χ2n) is 10.0. The molecule has 0 saturated carbocycles. The summed E-state index contributed by atoms with van der Waals surface area (Å²) in [7, 11) is 0. The number of alkyl halides is 3. The van der Waals surface area contributed by atoms with Crippen LogP contribution in [0.3, 0.4) is 0 Å². The Labute approximate surface area is 232 Å². The molecule has 206 valence electrons. The van der Waals surface area contributed by atoms with Gasteiger partial charge in [-0.25, -0.2) is 0 Å². The number of carbonyl (C=O) groups is 2. The van der Waals surface area contributed by atoms with Gasteiger partial charge < -0.3 is 24.4 Å². The van der Waals surface area contributed by atoms with Crippen molar-refractivity contribution >= 4 is 23.2 Å². The lowest BCUT2D eigenvalue weighted by Crippen LogP contribution is -2.42. The summed E-state index contributed by atoms with van der Waals surface area (Å²) in [5, 5.41) is 2.53. The molecular formula is C31H21F3N2O5. The lowest BCUT2D eigenvalue weighted by atomic mass is 9.77. The van der Waals surface area contributed by atoms with E-state index in [1.807, 2.05) is 30.3 Å². The van der Waals surface area contributed by atoms with Crippen LogP contribution in [0.1, 0.15) is 32.6 Å². The minimum Gasteiger partial charge on any atom is -0.491 e. The molecule has 0 saturated heterocycles. The third kappa shape index (κ3) is 3.97. The third-order valence-electron chi connectivity index (χ3n) is 7.62. The zero-order valence-electron chi connectivity index (χ0n) is 21.3. The normalized spacial score (nSPS) is 18.3. The van der Waals surface area contributed by atoms with Crippen LogP contribution >= 0.6 is 0 Å². The lowest BCUT2D eigenvalue weighted by Gasteiger charge is -2.23. The minimum atomic E-state index is -4.53. The molecule has 7 rings (SSSR count). The molecule has 41 heavy (non-hydrogen) atoms. The van der Waals surface area contributed by atoms with Gasteiger partial charge in [-0.1, -0.05) is 36.4 Å². The molecule has 4 aromatic carbocycles. The van der Waals surface area contributed by atoms with E-state index in [1.54, 1.807) is 35.2 Å². The molecule has 0 bridgehead atoms. The van der Waals surface area contributed by atoms with Gasteiger partial charge in [-0.2, -0.15) is 13.2 Å². The van der Waals surface area contributed by atoms with Crippen LogP contribution in [-0.4, -0.2) is 25.2 Å². The number of nitrogens with zero attached hydrogens (tertiary/aromatic N) is 1. The van der Waals surface area contributed by atoms with Crippen molar-refractivity contribution in [2.75, 3.05) is 23.6 Å². The smallest absolute Gasteiger partial charge is 0.416 e. The molecule has 1 atom stereocenters. The fourth-order valence-corrected chi connectivity index (χ4v) is 5.69. The first-order chi connectivity index (χ1) is 19.7. The number of nitrogens with one attached hydrogen (secondary N) is 1. The Morgan fingerprint density at radius 1 is 0.854 bits per heavy atom. The fraction of sp³-hybridized carbons (Fsp3) is 0.161. The molecule has 3 heterocycles. The average Bonchev–Trinajstić information content (AvgIpc) is 3.64. The number of hydrogen-bond donors (Lipinski definition) is 1. The van der Waals surface area contributed by atoms with E-state index >= 15 is 0 Å². The molecule has 1 spiro atoms. The van der Waals surface area contributed by atoms with Gasteiger partial charge in [-0.3, -0.25) is 9.59 Å². The van der Waals surface area contributed by atoms with E-state index in [0.29, 0.717) is 28.4 Å². The van der Waals surface area contributed by atoms with Crippen LogP contribution in [0.4, 0.5) is 24.5 Å². The first-order valence-corrected chi connectivity index (χ1v) is 12.8. The SMILES string of the molecule is O=C(Nc1cccc(C(F)(F)F)c1)c1cccc(CN2C(=O)C3(COc4cc5c(cc43)OCO5)c3ccccc32)c1. The molecule has 0 fully saturated rings. The summed E-state index contributed by atoms with van der Waals surface area (Å²) in [6.07, 6.45) is -4.53. The monoisotopic (exact) mass is 558 g/mol. The number of fused-ring (bicyclic) bond motifs is 5. The van der Waals surface area contributed by atoms with Gasteiger partial charge in [-0.05, 0) is 53.6 Å². The summed E-state index contributed by atoms with van der Waals surface area (Å²) < 4.78 is 56.4. The molecule has 3 aliphatic heterocycles. The fourth-order valence-electron chi connectivity index (χ4n) is 5.69. The number of hydrogen-bond acceptors (Lipinski definition) is 5. The van der Waals surface area contributed by atoms with Gasteiger partial charge in [0.1, 0.15) is 17.8 Å². The number of ether oxygens (including phenoxy) is 3. The quantitative estimate of drug-likeness (QED) is 0.337. The van der Waals surface area contributed by atoms with Gasteiger partial charge in [-0.15, -0.1) is 0 Å². The van der Waals surface area contributed by atoms with E-state index in [1.165, 1.54) is 12.1 Å². The number of halogens is 3. The largest absolute Gasteiger partial charge is 0.491 e. The molecule has 2 amide bonds. The maximum absolute atomic E-state index is 14.2. The van der Waals surface area contributed by atoms with Crippen molar-refractivity contribution in [3.63, 3.8) is 0 Å². The Balaban J connectivity index is 1.18. The predicted octanol–water partition coefficient (Wildman–Crippen LogP) is 5.91. The Bertz CT molecular complexity index is 1740. The highest BCUT2D eigenvalue weighted by molar-refractivity contribution is 6.11. The van der Waals surface area contributed by atoms with Crippen molar-refractivity contribution in [2.45, 2.75) is 18.1 Å². The van der Waals surface area contributed by atoms with Crippen LogP contribution in [0.15, 0.2) is 84.9 Å². The summed E-state index contributed by atoms with van der Waals surface area (Å²) >= 11 is 0. The average molecular weight is 559 g/mol. The van der Waals surface area contributed by atoms with Crippen molar-refractivity contribution < 1.29 is 37.0 Å². The van der Waals surface area contributed by atoms with E-state index in [9.17, 15) is 22.8 Å². The van der Waals surface area contributed by atoms with Gasteiger partial charge >= 0.3 is 6.18 Å². The molecule has 7 nitrogen and oxygen atoms in total. The van der Waals surface area contributed by atoms with Crippen LogP contribution in [-0.2, 0) is 22.9 Å². The summed E-state index contributed by atoms with van der Waals surface area (Å²) in [5.41, 5.74) is 1.27. The molecule has 4 aromatic rings. The molecule has 0 aromatic heterocycles. The van der Waals surface area contributed by atoms with Crippen LogP contribution < -0.4 is 24.4 Å². The summed E-state index contributed by atoms with van der Waals surface area (Å²) in [4.78, 5) is 28.8. The number of para-hydroxylation sites is 1. The number of rotatable bonds is 4. The number of benzene rings is 4. The van der Waals surface area contributed by atoms with Crippen molar-refractivity contribution in [1.82, 2.24) is 0 Å². The Hall–Kier alpha value is -4.99. The van der Waals surface area contributed by atoms with Crippen molar-refractivity contribution in [3.05, 3.63) is 113 Å². The summed E-state index contributed by atoms with van der Waals surface area (Å²) in [6, 6.07) is 22.2. The topological polar surface area (TPSA) is 77.1 Å². The van der Waals surface area contributed by atoms with E-state index in [2.05, 4.69) is 5.32 Å². The van der Waals surface area contributed by atoms with Crippen molar-refractivity contribution in [2.24, 2.45) is 0 Å². The molecule has 1 N–H and O–H groups in total. The van der Waals surface area contributed by atoms with Gasteiger partial charge in [0, 0.05) is 28.6 Å². The maximum Gasteiger partial charge on any atom is 0.416 e. The molecule has 0 radical (unpaired) electrons. The second kappa shape index (κ2) is 9.02. The first-order valence-electron chi connectivity index (χ1n) is 12.8. The van der Waals surface area contributed by atoms with Gasteiger partial charge in [0.15, 0.2) is 11.5 Å². The predicted molar refractivity (Wildman–Crippen MR) is 142 cm³/mol. The highest BCUT2D eigenvalue weighted by Gasteiger charge is 2.57. The highest BCUT2D eigenvalue weighted by Crippen LogP contribution is 2.55. The number of carbonyl (C=O) groups excluding carboxylic acids is 2. The molecule has 0 aliphatic carbocycles. The van der Waals surface area contributed by atoms with Crippen LogP contribution in [0.2, 0.25) is 0 Å². The lowest BCUT2D eigenvalue weighted by molar-refractivity contribution is -0.137. The highest BCUT2D eigenvalue weighted by atomic mass is 19.4. The van der Waals surface area contributed by atoms with Gasteiger partial charge in [0.25, 0.3) is 5.91 Å². The van der Waals surface area contributed by atoms with E-state index < -0.39 is 23.1 Å². The van der Waals surface area contributed by atoms with Crippen molar-refractivity contribution in [3.8, 4) is 17.2 Å². The Morgan fingerprint density at radius 2 is 1.63 bits per heavy atom. The maximum atomic E-state index is 14.2. The second-order valence-corrected chi connectivity index (χ2v) is 10.0. The molecule has 10 heteroatoms. The number of anilines is 2. The summed E-state index contributed by atoms with van der Waals surface area (Å²) in [5.74, 6) is 0.945. The van der Waals surface area contributed by atoms with Gasteiger partial charge in [0.05, 0.1) is 12.1 Å². The standard InChI is InChI=1S/C31H21F3N2O5/c32-31(33,34)20-7-4-8-21(12-20)35-28(37)19-6-3-5-18(11-19)15-36-24-10-2-1-9-22(24)30(29(36)38)16-39-25-14-27-26(13-23(25)30)40-17-41-27/h1-14H,15-17H2,(H,35,37). The van der Waals surface area contributed by atoms with Crippen molar-refractivity contribution in [1.29, 1.82) is 0 Å². The molecular weight excluding hydrogens is 537 g/mol. The zero-order valence-corrected chi connectivity index (χ0v) is 21.3. The minimum absolute atomic E-state index is 0.0292. The van der Waals surface area contributed by atoms with Crippen LogP contribution in [0, 0.1) is 0 Å². The van der Waals surface area contributed by atoms with E-state index in [-0.39, 0.29) is 37.1 Å². The molecule has 3 aliphatic rings. The zero-order chi connectivity index (χ0) is 28.4.